The number of carbonyl (C=O) groups is 1. The van der Waals surface area contributed by atoms with Crippen molar-refractivity contribution in [2.24, 2.45) is 5.41 Å². The molecule has 0 bridgehead atoms. The van der Waals surface area contributed by atoms with E-state index in [2.05, 4.69) is 5.32 Å². The molecule has 3 rings (SSSR count). The summed E-state index contributed by atoms with van der Waals surface area (Å²) in [6.07, 6.45) is 4.34. The number of nitrogens with one attached hydrogen (secondary N) is 1. The molecule has 0 atom stereocenters. The van der Waals surface area contributed by atoms with Crippen LogP contribution in [0.5, 0.6) is 0 Å². The molecule has 2 fully saturated rings. The zero-order valence-corrected chi connectivity index (χ0v) is 12.6. The van der Waals surface area contributed by atoms with E-state index in [4.69, 9.17) is 0 Å². The Labute approximate surface area is 129 Å². The minimum atomic E-state index is -0.481. The number of hydrogen-bond donors (Lipinski definition) is 1. The first-order valence-corrected chi connectivity index (χ1v) is 7.85. The number of amides is 1. The van der Waals surface area contributed by atoms with Crippen LogP contribution in [0.2, 0.25) is 0 Å². The summed E-state index contributed by atoms with van der Waals surface area (Å²) in [5, 5.41) is 14.5. The van der Waals surface area contributed by atoms with Crippen LogP contribution in [0.25, 0.3) is 0 Å². The van der Waals surface area contributed by atoms with Crippen LogP contribution in [-0.4, -0.2) is 41.9 Å². The average Bonchev–Trinajstić information content (AvgIpc) is 2.56. The number of piperidine rings is 2. The van der Waals surface area contributed by atoms with Gasteiger partial charge in [-0.25, -0.2) is 0 Å². The minimum Gasteiger partial charge on any atom is -0.338 e. The van der Waals surface area contributed by atoms with E-state index in [9.17, 15) is 14.9 Å². The summed E-state index contributed by atoms with van der Waals surface area (Å²) in [5.41, 5.74) is 0.466. The Kier molecular flexibility index (Phi) is 4.11. The highest BCUT2D eigenvalue weighted by Gasteiger charge is 2.37. The number of benzene rings is 1. The van der Waals surface area contributed by atoms with E-state index in [0.717, 1.165) is 25.9 Å². The summed E-state index contributed by atoms with van der Waals surface area (Å²) in [6.45, 7) is 3.51. The molecule has 0 aromatic heterocycles. The number of hydrogen-bond acceptors (Lipinski definition) is 4. The smallest absolute Gasteiger partial charge is 0.282 e. The molecule has 1 N–H and O–H groups in total. The third-order valence-corrected chi connectivity index (χ3v) is 5.11. The van der Waals surface area contributed by atoms with Crippen molar-refractivity contribution in [3.05, 3.63) is 39.9 Å². The maximum atomic E-state index is 12.6. The van der Waals surface area contributed by atoms with E-state index >= 15 is 0 Å². The molecule has 2 heterocycles. The number of nitrogens with zero attached hydrogens (tertiary/aromatic N) is 2. The van der Waals surface area contributed by atoms with Crippen molar-refractivity contribution >= 4 is 11.6 Å². The first-order chi connectivity index (χ1) is 10.6. The Balaban J connectivity index is 1.71. The number of carbonyl (C=O) groups excluding carboxylic acids is 1. The number of nitro benzene ring substituents is 1. The van der Waals surface area contributed by atoms with Gasteiger partial charge in [-0.3, -0.25) is 14.9 Å². The Morgan fingerprint density at radius 2 is 1.77 bits per heavy atom. The van der Waals surface area contributed by atoms with E-state index in [1.807, 2.05) is 0 Å². The Hall–Kier alpha value is -1.95. The van der Waals surface area contributed by atoms with E-state index < -0.39 is 4.92 Å². The van der Waals surface area contributed by atoms with Gasteiger partial charge in [0.05, 0.1) is 4.92 Å². The summed E-state index contributed by atoms with van der Waals surface area (Å²) in [6, 6.07) is 6.22. The lowest BCUT2D eigenvalue weighted by Gasteiger charge is -2.44. The second-order valence-electron chi connectivity index (χ2n) is 6.32. The fourth-order valence-electron chi connectivity index (χ4n) is 3.63. The van der Waals surface area contributed by atoms with Gasteiger partial charge in [-0.2, -0.15) is 0 Å². The van der Waals surface area contributed by atoms with Crippen LogP contribution in [-0.2, 0) is 0 Å². The quantitative estimate of drug-likeness (QED) is 0.671. The van der Waals surface area contributed by atoms with Crippen LogP contribution in [0.1, 0.15) is 36.0 Å². The highest BCUT2D eigenvalue weighted by atomic mass is 16.6. The van der Waals surface area contributed by atoms with Gasteiger partial charge in [-0.05, 0) is 50.3 Å². The van der Waals surface area contributed by atoms with Gasteiger partial charge in [0.15, 0.2) is 0 Å². The Bertz CT molecular complexity index is 572. The van der Waals surface area contributed by atoms with Crippen LogP contribution in [0.4, 0.5) is 5.69 Å². The lowest BCUT2D eigenvalue weighted by Crippen LogP contribution is -2.47. The first kappa shape index (κ1) is 15.0. The van der Waals surface area contributed by atoms with Crippen molar-refractivity contribution in [3.8, 4) is 0 Å². The molecule has 0 radical (unpaired) electrons. The normalized spacial score (nSPS) is 20.8. The molecule has 2 saturated heterocycles. The van der Waals surface area contributed by atoms with E-state index in [-0.39, 0.29) is 17.2 Å². The van der Waals surface area contributed by atoms with Crippen LogP contribution in [0, 0.1) is 15.5 Å². The Morgan fingerprint density at radius 3 is 2.41 bits per heavy atom. The third-order valence-electron chi connectivity index (χ3n) is 5.11. The molecule has 2 aliphatic rings. The third kappa shape index (κ3) is 2.83. The van der Waals surface area contributed by atoms with Gasteiger partial charge >= 0.3 is 0 Å². The predicted octanol–water partition coefficient (Wildman–Crippen LogP) is 2.20. The molecule has 6 nitrogen and oxygen atoms in total. The monoisotopic (exact) mass is 303 g/mol. The molecule has 0 saturated carbocycles. The standard InChI is InChI=1S/C16H21N3O3/c20-15(13-3-1-2-4-14(13)19(21)22)18-11-7-16(8-12-18)5-9-17-10-6-16/h1-4,17H,5-12H2. The van der Waals surface area contributed by atoms with Gasteiger partial charge in [0.1, 0.15) is 5.56 Å². The second-order valence-corrected chi connectivity index (χ2v) is 6.32. The largest absolute Gasteiger partial charge is 0.338 e. The van der Waals surface area contributed by atoms with Gasteiger partial charge < -0.3 is 10.2 Å². The van der Waals surface area contributed by atoms with E-state index in [1.165, 1.54) is 18.9 Å². The summed E-state index contributed by atoms with van der Waals surface area (Å²) < 4.78 is 0. The van der Waals surface area contributed by atoms with Gasteiger partial charge in [0.25, 0.3) is 11.6 Å². The maximum absolute atomic E-state index is 12.6. The molecule has 1 amide bonds. The fourth-order valence-corrected chi connectivity index (χ4v) is 3.63. The van der Waals surface area contributed by atoms with Crippen LogP contribution >= 0.6 is 0 Å². The molecule has 0 unspecified atom stereocenters. The predicted molar refractivity (Wildman–Crippen MR) is 82.8 cm³/mol. The van der Waals surface area contributed by atoms with Gasteiger partial charge in [0.2, 0.25) is 0 Å². The summed E-state index contributed by atoms with van der Waals surface area (Å²) in [4.78, 5) is 25.0. The van der Waals surface area contributed by atoms with Crippen molar-refractivity contribution in [1.29, 1.82) is 0 Å². The molecule has 118 valence electrons. The molecule has 1 aromatic rings. The van der Waals surface area contributed by atoms with Crippen molar-refractivity contribution in [2.75, 3.05) is 26.2 Å². The molecule has 22 heavy (non-hydrogen) atoms. The lowest BCUT2D eigenvalue weighted by atomic mass is 9.71. The number of likely N-dealkylation sites (tertiary alicyclic amines) is 1. The topological polar surface area (TPSA) is 75.5 Å². The molecule has 0 aliphatic carbocycles. The summed E-state index contributed by atoms with van der Waals surface area (Å²) >= 11 is 0. The number of para-hydroxylation sites is 1. The SMILES string of the molecule is O=C(c1ccccc1[N+](=O)[O-])N1CCC2(CCNCC2)CC1. The average molecular weight is 303 g/mol. The van der Waals surface area contributed by atoms with E-state index in [1.54, 1.807) is 23.1 Å². The fraction of sp³-hybridized carbons (Fsp3) is 0.562. The molecular weight excluding hydrogens is 282 g/mol. The zero-order chi connectivity index (χ0) is 15.6. The molecule has 1 spiro atoms. The van der Waals surface area contributed by atoms with E-state index in [0.29, 0.717) is 18.5 Å². The first-order valence-electron chi connectivity index (χ1n) is 7.85. The van der Waals surface area contributed by atoms with Crippen LogP contribution < -0.4 is 5.32 Å². The summed E-state index contributed by atoms with van der Waals surface area (Å²) in [5.74, 6) is -0.212. The second kappa shape index (κ2) is 6.04. The van der Waals surface area contributed by atoms with Gasteiger partial charge in [-0.15, -0.1) is 0 Å². The maximum Gasteiger partial charge on any atom is 0.282 e. The minimum absolute atomic E-state index is 0.102. The van der Waals surface area contributed by atoms with Crippen molar-refractivity contribution in [3.63, 3.8) is 0 Å². The molecular formula is C16H21N3O3. The molecule has 6 heteroatoms. The van der Waals surface area contributed by atoms with Crippen molar-refractivity contribution in [1.82, 2.24) is 10.2 Å². The molecule has 1 aromatic carbocycles. The van der Waals surface area contributed by atoms with Gasteiger partial charge in [0, 0.05) is 19.2 Å². The Morgan fingerprint density at radius 1 is 1.14 bits per heavy atom. The number of rotatable bonds is 2. The van der Waals surface area contributed by atoms with Crippen LogP contribution in [0.3, 0.4) is 0 Å². The number of nitro groups is 1. The summed E-state index contributed by atoms with van der Waals surface area (Å²) in [7, 11) is 0. The van der Waals surface area contributed by atoms with Gasteiger partial charge in [-0.1, -0.05) is 12.1 Å². The highest BCUT2D eigenvalue weighted by Crippen LogP contribution is 2.39. The lowest BCUT2D eigenvalue weighted by molar-refractivity contribution is -0.385. The molecule has 2 aliphatic heterocycles. The van der Waals surface area contributed by atoms with Crippen molar-refractivity contribution < 1.29 is 9.72 Å². The zero-order valence-electron chi connectivity index (χ0n) is 12.6. The van der Waals surface area contributed by atoms with Crippen LogP contribution in [0.15, 0.2) is 24.3 Å². The highest BCUT2D eigenvalue weighted by molar-refractivity contribution is 5.98. The van der Waals surface area contributed by atoms with Crippen molar-refractivity contribution in [2.45, 2.75) is 25.7 Å².